The Kier molecular flexibility index (Phi) is 5.98. The van der Waals surface area contributed by atoms with E-state index in [1.165, 1.54) is 12.1 Å². The Hall–Kier alpha value is -2.88. The van der Waals surface area contributed by atoms with Crippen molar-refractivity contribution < 1.29 is 12.6 Å². The van der Waals surface area contributed by atoms with Gasteiger partial charge in [0.1, 0.15) is 4.90 Å². The molecule has 0 aromatic heterocycles. The summed E-state index contributed by atoms with van der Waals surface area (Å²) in [5.74, 6) is 0.176. The monoisotopic (exact) mass is 453 g/mol. The van der Waals surface area contributed by atoms with Gasteiger partial charge in [-0.05, 0) is 64.3 Å². The molecule has 0 bridgehead atoms. The van der Waals surface area contributed by atoms with Crippen molar-refractivity contribution in [2.75, 3.05) is 0 Å². The van der Waals surface area contributed by atoms with Crippen LogP contribution in [0.2, 0.25) is 0 Å². The number of halogens is 1. The lowest BCUT2D eigenvalue weighted by Crippen LogP contribution is -2.09. The van der Waals surface area contributed by atoms with E-state index in [0.29, 0.717) is 10.0 Å². The summed E-state index contributed by atoms with van der Waals surface area (Å²) in [6.07, 6.45) is 1.74. The number of hydrogen-bond acceptors (Lipinski definition) is 4. The molecule has 0 amide bonds. The highest BCUT2D eigenvalue weighted by atomic mass is 79.9. The van der Waals surface area contributed by atoms with Gasteiger partial charge in [0.2, 0.25) is 0 Å². The first-order chi connectivity index (χ1) is 13.4. The fourth-order valence-electron chi connectivity index (χ4n) is 2.51. The van der Waals surface area contributed by atoms with Gasteiger partial charge in [-0.2, -0.15) is 13.7 Å². The molecule has 0 spiro atoms. The van der Waals surface area contributed by atoms with Gasteiger partial charge in [-0.15, -0.1) is 0 Å². The minimum Gasteiger partial charge on any atom is -0.378 e. The first-order valence-corrected chi connectivity index (χ1v) is 10.6. The van der Waals surface area contributed by atoms with E-state index in [9.17, 15) is 13.7 Å². The zero-order valence-corrected chi connectivity index (χ0v) is 17.4. The molecule has 140 valence electrons. The Balaban J connectivity index is 1.88. The number of aryl methyl sites for hydroxylation is 1. The van der Waals surface area contributed by atoms with Crippen LogP contribution >= 0.6 is 15.9 Å². The molecule has 0 N–H and O–H groups in total. The third-order valence-corrected chi connectivity index (χ3v) is 5.85. The average Bonchev–Trinajstić information content (AvgIpc) is 2.69. The average molecular weight is 454 g/mol. The summed E-state index contributed by atoms with van der Waals surface area (Å²) in [5, 5.41) is 9.48. The topological polar surface area (TPSA) is 67.2 Å². The Bertz CT molecular complexity index is 1160. The molecule has 28 heavy (non-hydrogen) atoms. The molecule has 3 aromatic carbocycles. The molecule has 0 aliphatic rings. The van der Waals surface area contributed by atoms with Crippen molar-refractivity contribution in [2.24, 2.45) is 0 Å². The summed E-state index contributed by atoms with van der Waals surface area (Å²) in [6.45, 7) is 1.98. The van der Waals surface area contributed by atoms with Crippen molar-refractivity contribution in [1.29, 1.82) is 5.26 Å². The highest BCUT2D eigenvalue weighted by Gasteiger charge is 2.17. The van der Waals surface area contributed by atoms with Crippen LogP contribution in [0.3, 0.4) is 0 Å². The van der Waals surface area contributed by atoms with Gasteiger partial charge in [0, 0.05) is 0 Å². The lowest BCUT2D eigenvalue weighted by molar-refractivity contribution is 0.484. The van der Waals surface area contributed by atoms with E-state index in [0.717, 1.165) is 16.7 Å². The third kappa shape index (κ3) is 4.69. The molecule has 0 unspecified atom stereocenters. The minimum atomic E-state index is -3.92. The van der Waals surface area contributed by atoms with E-state index < -0.39 is 10.1 Å². The lowest BCUT2D eigenvalue weighted by Gasteiger charge is -2.09. The zero-order valence-electron chi connectivity index (χ0n) is 15.0. The SMILES string of the molecule is Cc1ccc(/C(C#N)=C/c2ccc(OS(=O)(=O)c3ccccc3)c(Br)c2)cc1. The van der Waals surface area contributed by atoms with E-state index in [4.69, 9.17) is 4.18 Å². The van der Waals surface area contributed by atoms with E-state index in [2.05, 4.69) is 22.0 Å². The van der Waals surface area contributed by atoms with Gasteiger partial charge in [0.15, 0.2) is 5.75 Å². The fraction of sp³-hybridized carbons (Fsp3) is 0.0455. The van der Waals surface area contributed by atoms with E-state index in [-0.39, 0.29) is 10.6 Å². The quantitative estimate of drug-likeness (QED) is 0.286. The van der Waals surface area contributed by atoms with Crippen LogP contribution in [-0.4, -0.2) is 8.42 Å². The Morgan fingerprint density at radius 2 is 1.71 bits per heavy atom. The predicted octanol–water partition coefficient (Wildman–Crippen LogP) is 5.59. The largest absolute Gasteiger partial charge is 0.378 e. The Morgan fingerprint density at radius 1 is 1.04 bits per heavy atom. The lowest BCUT2D eigenvalue weighted by atomic mass is 10.0. The van der Waals surface area contributed by atoms with Crippen molar-refractivity contribution in [2.45, 2.75) is 11.8 Å². The Labute approximate surface area is 173 Å². The molecule has 0 aliphatic heterocycles. The number of nitrogens with zero attached hydrogens (tertiary/aromatic N) is 1. The molecule has 3 aromatic rings. The van der Waals surface area contributed by atoms with Crippen LogP contribution in [0.25, 0.3) is 11.6 Å². The van der Waals surface area contributed by atoms with Gasteiger partial charge in [-0.3, -0.25) is 0 Å². The van der Waals surface area contributed by atoms with Gasteiger partial charge >= 0.3 is 10.1 Å². The molecule has 0 saturated heterocycles. The molecule has 4 nitrogen and oxygen atoms in total. The molecule has 0 heterocycles. The molecule has 0 atom stereocenters. The molecule has 0 radical (unpaired) electrons. The molecular weight excluding hydrogens is 438 g/mol. The van der Waals surface area contributed by atoms with Crippen LogP contribution in [0.15, 0.2) is 82.2 Å². The first-order valence-electron chi connectivity index (χ1n) is 8.37. The van der Waals surface area contributed by atoms with E-state index >= 15 is 0 Å². The Morgan fingerprint density at radius 3 is 2.32 bits per heavy atom. The minimum absolute atomic E-state index is 0.0806. The standard InChI is InChI=1S/C22H16BrNO3S/c1-16-7-10-18(11-8-16)19(15-24)13-17-9-12-22(21(23)14-17)27-28(25,26)20-5-3-2-4-6-20/h2-14H,1H3/b19-13+. The maximum atomic E-state index is 12.4. The van der Waals surface area contributed by atoms with E-state index in [1.807, 2.05) is 31.2 Å². The van der Waals surface area contributed by atoms with Gasteiger partial charge < -0.3 is 4.18 Å². The van der Waals surface area contributed by atoms with Crippen molar-refractivity contribution in [3.8, 4) is 11.8 Å². The zero-order chi connectivity index (χ0) is 20.1. The number of nitriles is 1. The van der Waals surface area contributed by atoms with Crippen molar-refractivity contribution in [3.63, 3.8) is 0 Å². The number of allylic oxidation sites excluding steroid dienone is 1. The molecule has 0 saturated carbocycles. The summed E-state index contributed by atoms with van der Waals surface area (Å²) in [6, 6.07) is 22.8. The molecule has 3 rings (SSSR count). The van der Waals surface area contributed by atoms with Gasteiger partial charge in [0.25, 0.3) is 0 Å². The summed E-state index contributed by atoms with van der Waals surface area (Å²) in [4.78, 5) is 0.0806. The van der Waals surface area contributed by atoms with Crippen molar-refractivity contribution in [3.05, 3.63) is 94.0 Å². The highest BCUT2D eigenvalue weighted by Crippen LogP contribution is 2.30. The molecule has 0 fully saturated rings. The summed E-state index contributed by atoms with van der Waals surface area (Å²) >= 11 is 3.35. The number of hydrogen-bond donors (Lipinski definition) is 0. The highest BCUT2D eigenvalue weighted by molar-refractivity contribution is 9.10. The van der Waals surface area contributed by atoms with Crippen molar-refractivity contribution in [1.82, 2.24) is 0 Å². The molecule has 6 heteroatoms. The molecule has 0 aliphatic carbocycles. The summed E-state index contributed by atoms with van der Waals surface area (Å²) < 4.78 is 30.5. The van der Waals surface area contributed by atoms with Crippen LogP contribution in [0, 0.1) is 18.3 Å². The van der Waals surface area contributed by atoms with Crippen LogP contribution in [0.5, 0.6) is 5.75 Å². The van der Waals surface area contributed by atoms with Gasteiger partial charge in [-0.1, -0.05) is 54.1 Å². The van der Waals surface area contributed by atoms with E-state index in [1.54, 1.807) is 42.5 Å². The fourth-order valence-corrected chi connectivity index (χ4v) is 4.06. The number of benzene rings is 3. The van der Waals surface area contributed by atoms with Crippen LogP contribution in [-0.2, 0) is 10.1 Å². The predicted molar refractivity (Wildman–Crippen MR) is 113 cm³/mol. The number of rotatable bonds is 5. The summed E-state index contributed by atoms with van der Waals surface area (Å²) in [7, 11) is -3.92. The van der Waals surface area contributed by atoms with Crippen molar-refractivity contribution >= 4 is 37.7 Å². The second-order valence-corrected chi connectivity index (χ2v) is 8.48. The second-order valence-electron chi connectivity index (χ2n) is 6.08. The maximum Gasteiger partial charge on any atom is 0.339 e. The second kappa shape index (κ2) is 8.42. The normalized spacial score (nSPS) is 11.7. The van der Waals surface area contributed by atoms with Crippen LogP contribution < -0.4 is 4.18 Å². The van der Waals surface area contributed by atoms with Crippen LogP contribution in [0.4, 0.5) is 0 Å². The first kappa shape index (κ1) is 19.9. The third-order valence-electron chi connectivity index (χ3n) is 3.98. The summed E-state index contributed by atoms with van der Waals surface area (Å²) in [5.41, 5.74) is 3.19. The van der Waals surface area contributed by atoms with Gasteiger partial charge in [-0.25, -0.2) is 0 Å². The maximum absolute atomic E-state index is 12.4. The molecular formula is C22H16BrNO3S. The van der Waals surface area contributed by atoms with Crippen LogP contribution in [0.1, 0.15) is 16.7 Å². The van der Waals surface area contributed by atoms with Gasteiger partial charge in [0.05, 0.1) is 16.1 Å². The smallest absolute Gasteiger partial charge is 0.339 e.